The van der Waals surface area contributed by atoms with Gasteiger partial charge in [-0.1, -0.05) is 30.3 Å². The van der Waals surface area contributed by atoms with Gasteiger partial charge in [-0.15, -0.1) is 0 Å². The Morgan fingerprint density at radius 3 is 2.48 bits per heavy atom. The minimum atomic E-state index is -0.759. The molecule has 0 aromatic heterocycles. The Kier molecular flexibility index (Phi) is 5.43. The molecule has 1 N–H and O–H groups in total. The first kappa shape index (κ1) is 17.5. The van der Waals surface area contributed by atoms with E-state index in [0.29, 0.717) is 19.8 Å². The van der Waals surface area contributed by atoms with E-state index in [0.717, 1.165) is 43.0 Å². The van der Waals surface area contributed by atoms with Crippen molar-refractivity contribution >= 4 is 5.91 Å². The first-order chi connectivity index (χ1) is 12.1. The quantitative estimate of drug-likeness (QED) is 0.914. The number of rotatable bonds is 4. The van der Waals surface area contributed by atoms with E-state index in [-0.39, 0.29) is 11.0 Å². The Morgan fingerprint density at radius 1 is 1.04 bits per heavy atom. The first-order valence-electron chi connectivity index (χ1n) is 8.47. The lowest BCUT2D eigenvalue weighted by molar-refractivity contribution is 0.0936. The van der Waals surface area contributed by atoms with Crippen LogP contribution < -0.4 is 5.32 Å². The first-order valence-corrected chi connectivity index (χ1v) is 8.47. The molecule has 2 aromatic carbocycles. The van der Waals surface area contributed by atoms with Crippen LogP contribution in [0.2, 0.25) is 0 Å². The van der Waals surface area contributed by atoms with Crippen molar-refractivity contribution in [3.8, 4) is 0 Å². The molecule has 1 unspecified atom stereocenters. The number of hydrogen-bond acceptors (Lipinski definition) is 2. The number of halogens is 2. The van der Waals surface area contributed by atoms with Crippen molar-refractivity contribution in [3.63, 3.8) is 0 Å². The fourth-order valence-electron chi connectivity index (χ4n) is 3.40. The number of ether oxygens (including phenoxy) is 1. The van der Waals surface area contributed by atoms with Gasteiger partial charge in [0.1, 0.15) is 11.6 Å². The van der Waals surface area contributed by atoms with Crippen molar-refractivity contribution in [2.75, 3.05) is 19.8 Å². The predicted octanol–water partition coefficient (Wildman–Crippen LogP) is 3.83. The maximum absolute atomic E-state index is 13.3. The fraction of sp³-hybridized carbons (Fsp3) is 0.350. The number of amides is 1. The van der Waals surface area contributed by atoms with Crippen LogP contribution >= 0.6 is 0 Å². The van der Waals surface area contributed by atoms with E-state index in [4.69, 9.17) is 4.74 Å². The molecule has 0 spiro atoms. The van der Waals surface area contributed by atoms with Crippen LogP contribution in [0.25, 0.3) is 0 Å². The highest BCUT2D eigenvalue weighted by molar-refractivity contribution is 5.94. The second kappa shape index (κ2) is 7.74. The molecule has 0 bridgehead atoms. The molecule has 1 heterocycles. The Hall–Kier alpha value is -2.27. The van der Waals surface area contributed by atoms with E-state index in [9.17, 15) is 13.6 Å². The summed E-state index contributed by atoms with van der Waals surface area (Å²) in [6.07, 6.45) is 2.57. The third-order valence-corrected chi connectivity index (χ3v) is 4.77. The zero-order valence-electron chi connectivity index (χ0n) is 13.9. The third kappa shape index (κ3) is 4.23. The van der Waals surface area contributed by atoms with Crippen LogP contribution in [-0.2, 0) is 10.2 Å². The Morgan fingerprint density at radius 2 is 1.76 bits per heavy atom. The lowest BCUT2D eigenvalue weighted by atomic mass is 9.74. The van der Waals surface area contributed by atoms with E-state index < -0.39 is 17.5 Å². The van der Waals surface area contributed by atoms with Crippen LogP contribution in [0.1, 0.15) is 35.2 Å². The molecule has 0 saturated carbocycles. The summed E-state index contributed by atoms with van der Waals surface area (Å²) in [4.78, 5) is 12.4. The van der Waals surface area contributed by atoms with E-state index in [2.05, 4.69) is 17.4 Å². The van der Waals surface area contributed by atoms with Crippen molar-refractivity contribution in [2.45, 2.75) is 24.7 Å². The highest BCUT2D eigenvalue weighted by atomic mass is 19.1. The van der Waals surface area contributed by atoms with Crippen LogP contribution in [0.3, 0.4) is 0 Å². The van der Waals surface area contributed by atoms with Crippen LogP contribution in [0.15, 0.2) is 48.5 Å². The van der Waals surface area contributed by atoms with Crippen molar-refractivity contribution in [1.29, 1.82) is 0 Å². The molecule has 132 valence electrons. The van der Waals surface area contributed by atoms with E-state index in [1.807, 2.05) is 18.2 Å². The number of benzene rings is 2. The van der Waals surface area contributed by atoms with Gasteiger partial charge in [-0.3, -0.25) is 4.79 Å². The third-order valence-electron chi connectivity index (χ3n) is 4.77. The molecule has 25 heavy (non-hydrogen) atoms. The smallest absolute Gasteiger partial charge is 0.251 e. The number of carbonyl (C=O) groups is 1. The van der Waals surface area contributed by atoms with Crippen LogP contribution in [0.5, 0.6) is 0 Å². The molecule has 0 aliphatic carbocycles. The molecule has 5 heteroatoms. The zero-order chi connectivity index (χ0) is 17.7. The van der Waals surface area contributed by atoms with E-state index in [1.54, 1.807) is 0 Å². The van der Waals surface area contributed by atoms with Crippen molar-refractivity contribution < 1.29 is 18.3 Å². The van der Waals surface area contributed by atoms with E-state index in [1.165, 1.54) is 0 Å². The SMILES string of the molecule is O=C(NCC1(c2ccccc2)CCCOCC1)c1cc(F)cc(F)c1. The van der Waals surface area contributed by atoms with Gasteiger partial charge >= 0.3 is 0 Å². The average molecular weight is 345 g/mol. The molecule has 1 amide bonds. The number of hydrogen-bond donors (Lipinski definition) is 1. The van der Waals surface area contributed by atoms with Crippen molar-refractivity contribution in [3.05, 3.63) is 71.3 Å². The van der Waals surface area contributed by atoms with Gasteiger partial charge in [0.15, 0.2) is 0 Å². The topological polar surface area (TPSA) is 38.3 Å². The summed E-state index contributed by atoms with van der Waals surface area (Å²) in [5.41, 5.74) is 0.899. The lowest BCUT2D eigenvalue weighted by Gasteiger charge is -2.33. The second-order valence-corrected chi connectivity index (χ2v) is 6.45. The zero-order valence-corrected chi connectivity index (χ0v) is 13.9. The summed E-state index contributed by atoms with van der Waals surface area (Å²) in [5.74, 6) is -1.99. The van der Waals surface area contributed by atoms with Crippen molar-refractivity contribution in [1.82, 2.24) is 5.32 Å². The van der Waals surface area contributed by atoms with Gasteiger partial charge in [-0.2, -0.15) is 0 Å². The Balaban J connectivity index is 1.80. The fourth-order valence-corrected chi connectivity index (χ4v) is 3.40. The predicted molar refractivity (Wildman–Crippen MR) is 91.5 cm³/mol. The molecule has 2 aromatic rings. The summed E-state index contributed by atoms with van der Waals surface area (Å²) >= 11 is 0. The van der Waals surface area contributed by atoms with Gasteiger partial charge in [0, 0.05) is 36.8 Å². The Labute approximate surface area is 146 Å². The highest BCUT2D eigenvalue weighted by Gasteiger charge is 2.33. The second-order valence-electron chi connectivity index (χ2n) is 6.45. The number of carbonyl (C=O) groups excluding carboxylic acids is 1. The van der Waals surface area contributed by atoms with E-state index >= 15 is 0 Å². The molecule has 1 atom stereocenters. The van der Waals surface area contributed by atoms with Gasteiger partial charge < -0.3 is 10.1 Å². The normalized spacial score (nSPS) is 20.7. The summed E-state index contributed by atoms with van der Waals surface area (Å²) in [5, 5.41) is 2.86. The minimum Gasteiger partial charge on any atom is -0.381 e. The highest BCUT2D eigenvalue weighted by Crippen LogP contribution is 2.34. The molecule has 1 aliphatic rings. The van der Waals surface area contributed by atoms with Gasteiger partial charge in [0.05, 0.1) is 0 Å². The van der Waals surface area contributed by atoms with Crippen molar-refractivity contribution in [2.24, 2.45) is 0 Å². The van der Waals surface area contributed by atoms with Crippen LogP contribution in [0.4, 0.5) is 8.78 Å². The molecular weight excluding hydrogens is 324 g/mol. The summed E-state index contributed by atoms with van der Waals surface area (Å²) < 4.78 is 32.3. The lowest BCUT2D eigenvalue weighted by Crippen LogP contribution is -2.41. The minimum absolute atomic E-state index is 0.00872. The Bertz CT molecular complexity index is 705. The summed E-state index contributed by atoms with van der Waals surface area (Å²) in [6.45, 7) is 1.73. The monoisotopic (exact) mass is 345 g/mol. The van der Waals surface area contributed by atoms with Crippen LogP contribution in [0, 0.1) is 11.6 Å². The van der Waals surface area contributed by atoms with Gasteiger partial charge in [0.25, 0.3) is 5.91 Å². The molecule has 1 aliphatic heterocycles. The van der Waals surface area contributed by atoms with Gasteiger partial charge in [-0.05, 0) is 37.0 Å². The van der Waals surface area contributed by atoms with Crippen LogP contribution in [-0.4, -0.2) is 25.7 Å². The largest absolute Gasteiger partial charge is 0.381 e. The molecular formula is C20H21F2NO2. The maximum atomic E-state index is 13.3. The molecule has 1 fully saturated rings. The molecule has 1 saturated heterocycles. The summed E-state index contributed by atoms with van der Waals surface area (Å²) in [7, 11) is 0. The van der Waals surface area contributed by atoms with Gasteiger partial charge in [0.2, 0.25) is 0 Å². The molecule has 3 nitrogen and oxygen atoms in total. The number of nitrogens with one attached hydrogen (secondary N) is 1. The summed E-state index contributed by atoms with van der Waals surface area (Å²) in [6, 6.07) is 12.9. The maximum Gasteiger partial charge on any atom is 0.251 e. The molecule has 3 rings (SSSR count). The average Bonchev–Trinajstić information content (AvgIpc) is 2.86. The standard InChI is InChI=1S/C20H21F2NO2/c21-17-11-15(12-18(22)13-17)19(24)23-14-20(7-4-9-25-10-8-20)16-5-2-1-3-6-16/h1-3,5-6,11-13H,4,7-10,14H2,(H,23,24). The molecule has 0 radical (unpaired) electrons. The van der Waals surface area contributed by atoms with Gasteiger partial charge in [-0.25, -0.2) is 8.78 Å².